The fourth-order valence-electron chi connectivity index (χ4n) is 3.59. The largest absolute Gasteiger partial charge is 0.497 e. The Morgan fingerprint density at radius 1 is 1.19 bits per heavy atom. The summed E-state index contributed by atoms with van der Waals surface area (Å²) in [6, 6.07) is 12.6. The molecule has 132 valence electrons. The van der Waals surface area contributed by atoms with Gasteiger partial charge < -0.3 is 15.4 Å². The fraction of sp³-hybridized carbons (Fsp3) is 0.211. The van der Waals surface area contributed by atoms with E-state index < -0.39 is 0 Å². The first kappa shape index (κ1) is 16.5. The number of fused-ring (bicyclic) bond motifs is 2. The molecule has 0 fully saturated rings. The van der Waals surface area contributed by atoms with Gasteiger partial charge >= 0.3 is 0 Å². The molecule has 0 radical (unpaired) electrons. The molecule has 7 heteroatoms. The maximum atomic E-state index is 10.9. The molecule has 26 heavy (non-hydrogen) atoms. The van der Waals surface area contributed by atoms with Crippen LogP contribution in [0.25, 0.3) is 5.70 Å². The molecule has 2 aromatic rings. The Balaban J connectivity index is 1.77. The lowest BCUT2D eigenvalue weighted by Gasteiger charge is -2.35. The second-order valence-corrected chi connectivity index (χ2v) is 6.71. The minimum absolute atomic E-state index is 0.0838. The van der Waals surface area contributed by atoms with E-state index in [4.69, 9.17) is 17.0 Å². The summed E-state index contributed by atoms with van der Waals surface area (Å²) in [5, 5.41) is 18.0. The molecule has 2 aliphatic rings. The first-order valence-corrected chi connectivity index (χ1v) is 8.70. The molecule has 0 saturated heterocycles. The number of thiocarbonyl (C=S) groups is 1. The average Bonchev–Trinajstić information content (AvgIpc) is 2.66. The summed E-state index contributed by atoms with van der Waals surface area (Å²) in [6.45, 7) is 0. The molecule has 0 aromatic heterocycles. The van der Waals surface area contributed by atoms with E-state index in [1.807, 2.05) is 6.07 Å². The Hall–Kier alpha value is -2.93. The number of benzene rings is 2. The molecule has 1 heterocycles. The third-order valence-electron chi connectivity index (χ3n) is 4.87. The number of methoxy groups -OCH3 is 1. The van der Waals surface area contributed by atoms with E-state index in [2.05, 4.69) is 22.8 Å². The highest BCUT2D eigenvalue weighted by Gasteiger charge is 2.31. The Labute approximate surface area is 156 Å². The molecule has 1 aliphatic heterocycles. The lowest BCUT2D eigenvalue weighted by atomic mass is 9.83. The molecule has 0 unspecified atom stereocenters. The quantitative estimate of drug-likeness (QED) is 0.491. The minimum atomic E-state index is -0.390. The average molecular weight is 367 g/mol. The molecule has 1 atom stereocenters. The highest BCUT2D eigenvalue weighted by molar-refractivity contribution is 7.80. The number of nitrogens with one attached hydrogen (secondary N) is 2. The predicted octanol–water partition coefficient (Wildman–Crippen LogP) is 3.48. The van der Waals surface area contributed by atoms with Gasteiger partial charge in [-0.15, -0.1) is 0 Å². The molecule has 0 spiro atoms. The van der Waals surface area contributed by atoms with Crippen LogP contribution in [0.4, 0.5) is 5.69 Å². The van der Waals surface area contributed by atoms with E-state index in [9.17, 15) is 10.1 Å². The summed E-state index contributed by atoms with van der Waals surface area (Å²) in [5.74, 6) is 0.844. The zero-order valence-electron chi connectivity index (χ0n) is 14.1. The van der Waals surface area contributed by atoms with Crippen LogP contribution in [-0.2, 0) is 6.42 Å². The number of nitrogens with zero attached hydrogens (tertiary/aromatic N) is 1. The van der Waals surface area contributed by atoms with Gasteiger partial charge in [0.15, 0.2) is 5.11 Å². The first-order chi connectivity index (χ1) is 12.6. The van der Waals surface area contributed by atoms with Crippen LogP contribution in [0.15, 0.2) is 48.0 Å². The van der Waals surface area contributed by atoms with Crippen LogP contribution in [-0.4, -0.2) is 17.1 Å². The normalized spacial score (nSPS) is 18.3. The molecule has 0 bridgehead atoms. The van der Waals surface area contributed by atoms with Crippen molar-refractivity contribution in [3.8, 4) is 5.75 Å². The van der Waals surface area contributed by atoms with Gasteiger partial charge in [-0.05, 0) is 72.1 Å². The number of aryl methyl sites for hydroxylation is 1. The highest BCUT2D eigenvalue weighted by atomic mass is 32.1. The topological polar surface area (TPSA) is 76.4 Å². The number of hydrogen-bond acceptors (Lipinski definition) is 4. The second kappa shape index (κ2) is 6.42. The van der Waals surface area contributed by atoms with Crippen molar-refractivity contribution >= 4 is 28.7 Å². The van der Waals surface area contributed by atoms with E-state index in [0.717, 1.165) is 35.4 Å². The summed E-state index contributed by atoms with van der Waals surface area (Å²) >= 11 is 5.41. The summed E-state index contributed by atoms with van der Waals surface area (Å²) in [7, 11) is 1.66. The van der Waals surface area contributed by atoms with Gasteiger partial charge in [-0.25, -0.2) is 0 Å². The first-order valence-electron chi connectivity index (χ1n) is 8.29. The molecule has 1 aliphatic carbocycles. The van der Waals surface area contributed by atoms with Crippen LogP contribution < -0.4 is 15.4 Å². The molecular formula is C19H17N3O3S. The highest BCUT2D eigenvalue weighted by Crippen LogP contribution is 2.39. The van der Waals surface area contributed by atoms with Crippen molar-refractivity contribution in [2.24, 2.45) is 0 Å². The van der Waals surface area contributed by atoms with Crippen molar-refractivity contribution in [3.05, 3.63) is 74.8 Å². The molecule has 2 N–H and O–H groups in total. The number of nitro groups is 1. The van der Waals surface area contributed by atoms with Crippen LogP contribution in [0.1, 0.15) is 29.2 Å². The second-order valence-electron chi connectivity index (χ2n) is 6.30. The van der Waals surface area contributed by atoms with Crippen LogP contribution in [0, 0.1) is 10.1 Å². The summed E-state index contributed by atoms with van der Waals surface area (Å²) in [5.41, 5.74) is 5.64. The number of ether oxygens (including phenoxy) is 1. The van der Waals surface area contributed by atoms with E-state index in [-0.39, 0.29) is 16.7 Å². The molecule has 4 rings (SSSR count). The maximum Gasteiger partial charge on any atom is 0.269 e. The van der Waals surface area contributed by atoms with Crippen LogP contribution in [0.5, 0.6) is 5.75 Å². The van der Waals surface area contributed by atoms with Gasteiger partial charge in [0, 0.05) is 23.4 Å². The number of non-ortho nitro benzene ring substituents is 1. The van der Waals surface area contributed by atoms with Gasteiger partial charge in [-0.1, -0.05) is 0 Å². The molecular weight excluding hydrogens is 350 g/mol. The lowest BCUT2D eigenvalue weighted by Crippen LogP contribution is -2.44. The van der Waals surface area contributed by atoms with Crippen molar-refractivity contribution in [3.63, 3.8) is 0 Å². The fourth-order valence-corrected chi connectivity index (χ4v) is 3.81. The van der Waals surface area contributed by atoms with Crippen molar-refractivity contribution in [2.45, 2.75) is 18.9 Å². The molecule has 2 aromatic carbocycles. The van der Waals surface area contributed by atoms with Gasteiger partial charge in [0.25, 0.3) is 5.69 Å². The number of rotatable bonds is 3. The third-order valence-corrected chi connectivity index (χ3v) is 5.09. The molecule has 0 amide bonds. The summed E-state index contributed by atoms with van der Waals surface area (Å²) in [4.78, 5) is 10.5. The van der Waals surface area contributed by atoms with Crippen molar-refractivity contribution < 1.29 is 9.66 Å². The van der Waals surface area contributed by atoms with Gasteiger partial charge in [-0.2, -0.15) is 0 Å². The SMILES string of the molecule is COc1ccc2c(c1)CCC1=C2NC(=S)N[C@H]1c1ccc([N+](=O)[O-])cc1. The Morgan fingerprint density at radius 3 is 2.65 bits per heavy atom. The standard InChI is InChI=1S/C19H17N3O3S/c1-25-14-7-9-15-12(10-14)4-8-16-17(20-19(26)21-18(15)16)11-2-5-13(6-3-11)22(23)24/h2-3,5-7,9-10,17H,4,8H2,1H3,(H2,20,21,26)/t17-/m0/s1. The van der Waals surface area contributed by atoms with Gasteiger partial charge in [0.05, 0.1) is 18.1 Å². The molecule has 0 saturated carbocycles. The lowest BCUT2D eigenvalue weighted by molar-refractivity contribution is -0.384. The van der Waals surface area contributed by atoms with Gasteiger partial charge in [-0.3, -0.25) is 10.1 Å². The third kappa shape index (κ3) is 2.80. The monoisotopic (exact) mass is 367 g/mol. The Bertz CT molecular complexity index is 938. The summed E-state index contributed by atoms with van der Waals surface area (Å²) < 4.78 is 5.33. The van der Waals surface area contributed by atoms with E-state index in [1.54, 1.807) is 19.2 Å². The van der Waals surface area contributed by atoms with E-state index in [0.29, 0.717) is 5.11 Å². The number of nitro benzene ring substituents is 1. The van der Waals surface area contributed by atoms with Crippen LogP contribution >= 0.6 is 12.2 Å². The zero-order chi connectivity index (χ0) is 18.3. The Morgan fingerprint density at radius 2 is 1.96 bits per heavy atom. The number of hydrogen-bond donors (Lipinski definition) is 2. The predicted molar refractivity (Wildman–Crippen MR) is 103 cm³/mol. The van der Waals surface area contributed by atoms with E-state index in [1.165, 1.54) is 23.3 Å². The van der Waals surface area contributed by atoms with Crippen molar-refractivity contribution in [1.82, 2.24) is 10.6 Å². The summed E-state index contributed by atoms with van der Waals surface area (Å²) in [6.07, 6.45) is 1.78. The van der Waals surface area contributed by atoms with Crippen LogP contribution in [0.3, 0.4) is 0 Å². The smallest absolute Gasteiger partial charge is 0.269 e. The zero-order valence-corrected chi connectivity index (χ0v) is 14.9. The Kier molecular flexibility index (Phi) is 4.08. The van der Waals surface area contributed by atoms with Crippen molar-refractivity contribution in [1.29, 1.82) is 0 Å². The van der Waals surface area contributed by atoms with E-state index >= 15 is 0 Å². The minimum Gasteiger partial charge on any atom is -0.497 e. The molecule has 6 nitrogen and oxygen atoms in total. The maximum absolute atomic E-state index is 10.9. The van der Waals surface area contributed by atoms with Crippen LogP contribution in [0.2, 0.25) is 0 Å². The van der Waals surface area contributed by atoms with Gasteiger partial charge in [0.1, 0.15) is 5.75 Å². The van der Waals surface area contributed by atoms with Gasteiger partial charge in [0.2, 0.25) is 0 Å². The van der Waals surface area contributed by atoms with Crippen molar-refractivity contribution in [2.75, 3.05) is 7.11 Å².